The molecule has 1 atom stereocenters. The number of hydrogen-bond donors (Lipinski definition) is 1. The molecule has 0 bridgehead atoms. The van der Waals surface area contributed by atoms with Crippen LogP contribution in [0.5, 0.6) is 0 Å². The number of ketones is 2. The summed E-state index contributed by atoms with van der Waals surface area (Å²) in [7, 11) is 0. The maximum atomic E-state index is 12.6. The van der Waals surface area contributed by atoms with Gasteiger partial charge in [0.15, 0.2) is 17.9 Å². The number of hydrogen-bond acceptors (Lipinski definition) is 10. The van der Waals surface area contributed by atoms with E-state index < -0.39 is 6.10 Å². The quantitative estimate of drug-likeness (QED) is 0.390. The van der Waals surface area contributed by atoms with E-state index in [0.717, 1.165) is 92.7 Å². The Morgan fingerprint density at radius 1 is 0.745 bits per heavy atom. The first kappa shape index (κ1) is 33.5. The fourth-order valence-electron chi connectivity index (χ4n) is 9.31. The standard InChI is InChI=1S/C22H25N3O2.C19H19N3O2/c23-12-17-19(26)10-15-13-24-18(21(27)14-2-3-14)11-16(15)20(17)25-8-6-22(7-9-25)4-1-5-22;20-10-16-17(24)8-13-11-21-14(12-23)9-15(13)18(16)22-6-4-19(5-7-22)2-1-3-19/h11,13-14,21,27H,1-10H2;9,11-12H,1-8H2. The summed E-state index contributed by atoms with van der Waals surface area (Å²) in [6.45, 7) is 3.53. The number of pyridine rings is 2. The van der Waals surface area contributed by atoms with Crippen molar-refractivity contribution >= 4 is 29.2 Å². The fourth-order valence-corrected chi connectivity index (χ4v) is 9.31. The first-order valence-corrected chi connectivity index (χ1v) is 18.7. The van der Waals surface area contributed by atoms with E-state index in [4.69, 9.17) is 0 Å². The van der Waals surface area contributed by atoms with Gasteiger partial charge in [-0.1, -0.05) is 12.8 Å². The van der Waals surface area contributed by atoms with Gasteiger partial charge < -0.3 is 14.9 Å². The third-order valence-electron chi connectivity index (χ3n) is 13.1. The van der Waals surface area contributed by atoms with Gasteiger partial charge in [0.25, 0.3) is 0 Å². The van der Waals surface area contributed by atoms with Gasteiger partial charge in [-0.05, 0) is 104 Å². The molecule has 7 aliphatic rings. The monoisotopic (exact) mass is 684 g/mol. The van der Waals surface area contributed by atoms with Crippen molar-refractivity contribution in [3.8, 4) is 12.1 Å². The Morgan fingerprint density at radius 2 is 1.22 bits per heavy atom. The third kappa shape index (κ3) is 6.08. The minimum atomic E-state index is -0.542. The first-order chi connectivity index (χ1) is 24.8. The second-order valence-electron chi connectivity index (χ2n) is 16.0. The number of nitrogens with zero attached hydrogens (tertiary/aromatic N) is 6. The van der Waals surface area contributed by atoms with Gasteiger partial charge in [-0.2, -0.15) is 10.5 Å². The summed E-state index contributed by atoms with van der Waals surface area (Å²) in [5.41, 5.74) is 7.47. The number of nitriles is 2. The van der Waals surface area contributed by atoms with Gasteiger partial charge in [0.05, 0.1) is 23.2 Å². The number of rotatable bonds is 5. The van der Waals surface area contributed by atoms with Gasteiger partial charge in [-0.3, -0.25) is 24.4 Å². The number of aliphatic hydroxyl groups is 1. The van der Waals surface area contributed by atoms with E-state index in [0.29, 0.717) is 40.1 Å². The number of aldehydes is 1. The number of carbonyl (C=O) groups is 3. The number of likely N-dealkylation sites (tertiary alicyclic amines) is 2. The highest BCUT2D eigenvalue weighted by atomic mass is 16.3. The second kappa shape index (κ2) is 13.1. The van der Waals surface area contributed by atoms with E-state index >= 15 is 0 Å². The van der Waals surface area contributed by atoms with Gasteiger partial charge >= 0.3 is 0 Å². The molecule has 2 aromatic heterocycles. The summed E-state index contributed by atoms with van der Waals surface area (Å²) in [5.74, 6) is 0.0444. The summed E-state index contributed by atoms with van der Waals surface area (Å²) < 4.78 is 0. The van der Waals surface area contributed by atoms with Crippen LogP contribution in [0.4, 0.5) is 0 Å². The highest BCUT2D eigenvalue weighted by Crippen LogP contribution is 2.51. The molecule has 2 aromatic rings. The Balaban J connectivity index is 0.000000148. The summed E-state index contributed by atoms with van der Waals surface area (Å²) >= 11 is 0. The number of Topliss-reactive ketones (excluding diaryl/α,β-unsaturated/α-hetero) is 2. The van der Waals surface area contributed by atoms with Gasteiger partial charge in [0, 0.05) is 62.5 Å². The zero-order chi connectivity index (χ0) is 35.3. The first-order valence-electron chi connectivity index (χ1n) is 18.7. The molecule has 0 amide bonds. The van der Waals surface area contributed by atoms with E-state index in [9.17, 15) is 30.0 Å². The van der Waals surface area contributed by atoms with Crippen molar-refractivity contribution in [1.29, 1.82) is 10.5 Å². The number of allylic oxidation sites excluding steroid dienone is 2. The lowest BCUT2D eigenvalue weighted by Gasteiger charge is -2.49. The molecule has 5 aliphatic carbocycles. The molecule has 2 spiro atoms. The summed E-state index contributed by atoms with van der Waals surface area (Å²) in [5, 5.41) is 29.8. The van der Waals surface area contributed by atoms with Crippen LogP contribution in [0, 0.1) is 39.4 Å². The van der Waals surface area contributed by atoms with E-state index in [2.05, 4.69) is 31.9 Å². The lowest BCUT2D eigenvalue weighted by molar-refractivity contribution is -0.115. The van der Waals surface area contributed by atoms with Crippen molar-refractivity contribution < 1.29 is 19.5 Å². The average molecular weight is 685 g/mol. The van der Waals surface area contributed by atoms with Crippen molar-refractivity contribution in [3.63, 3.8) is 0 Å². The zero-order valence-electron chi connectivity index (χ0n) is 29.1. The molecule has 262 valence electrons. The molecular formula is C41H44N6O4. The molecule has 3 saturated carbocycles. The third-order valence-corrected chi connectivity index (χ3v) is 13.1. The maximum absolute atomic E-state index is 12.6. The van der Waals surface area contributed by atoms with Crippen LogP contribution in [-0.4, -0.2) is 68.9 Å². The molecule has 1 unspecified atom stereocenters. The van der Waals surface area contributed by atoms with Crippen molar-refractivity contribution in [1.82, 2.24) is 19.8 Å². The summed E-state index contributed by atoms with van der Waals surface area (Å²) in [6, 6.07) is 7.94. The van der Waals surface area contributed by atoms with Crippen molar-refractivity contribution in [2.75, 3.05) is 26.2 Å². The maximum Gasteiger partial charge on any atom is 0.179 e. The van der Waals surface area contributed by atoms with Crippen LogP contribution in [-0.2, 0) is 22.4 Å². The van der Waals surface area contributed by atoms with Crippen molar-refractivity contribution in [2.24, 2.45) is 16.7 Å². The number of aliphatic hydroxyl groups excluding tert-OH is 1. The van der Waals surface area contributed by atoms with Crippen LogP contribution in [0.15, 0.2) is 35.7 Å². The molecule has 10 heteroatoms. The zero-order valence-corrected chi connectivity index (χ0v) is 29.1. The Hall–Kier alpha value is -4.67. The molecular weight excluding hydrogens is 640 g/mol. The van der Waals surface area contributed by atoms with Crippen LogP contribution in [0.3, 0.4) is 0 Å². The smallest absolute Gasteiger partial charge is 0.179 e. The van der Waals surface area contributed by atoms with Crippen LogP contribution in [0.25, 0.3) is 11.4 Å². The molecule has 9 rings (SSSR count). The molecule has 5 fully saturated rings. The van der Waals surface area contributed by atoms with Crippen molar-refractivity contribution in [2.45, 2.75) is 96.0 Å². The molecule has 1 N–H and O–H groups in total. The minimum absolute atomic E-state index is 0.110. The number of fused-ring (bicyclic) bond motifs is 2. The molecule has 2 saturated heterocycles. The topological polar surface area (TPSA) is 151 Å². The predicted octanol–water partition coefficient (Wildman–Crippen LogP) is 5.67. The predicted molar refractivity (Wildman–Crippen MR) is 188 cm³/mol. The number of aromatic nitrogens is 2. The van der Waals surface area contributed by atoms with Crippen LogP contribution < -0.4 is 0 Å². The van der Waals surface area contributed by atoms with Gasteiger partial charge in [0.1, 0.15) is 29.0 Å². The number of piperidine rings is 2. The van der Waals surface area contributed by atoms with E-state index in [-0.39, 0.29) is 35.6 Å². The number of carbonyl (C=O) groups excluding carboxylic acids is 3. The minimum Gasteiger partial charge on any atom is -0.387 e. The SMILES string of the molecule is N#CC1=C(N2CCC3(CCC3)CC2)c2cc(C(O)C3CC3)ncc2CC1=O.N#CC1=C(N2CCC3(CCC3)CC2)c2cc(C=O)ncc2CC1=O. The second-order valence-corrected chi connectivity index (χ2v) is 16.0. The lowest BCUT2D eigenvalue weighted by Crippen LogP contribution is -2.43. The average Bonchev–Trinajstić information content (AvgIpc) is 3.98. The Kier molecular flexibility index (Phi) is 8.63. The largest absolute Gasteiger partial charge is 0.387 e. The summed E-state index contributed by atoms with van der Waals surface area (Å²) in [4.78, 5) is 49.0. The molecule has 0 aromatic carbocycles. The lowest BCUT2D eigenvalue weighted by atomic mass is 9.63. The normalized spacial score (nSPS) is 23.6. The van der Waals surface area contributed by atoms with Crippen LogP contribution in [0.2, 0.25) is 0 Å². The van der Waals surface area contributed by atoms with Gasteiger partial charge in [0.2, 0.25) is 0 Å². The van der Waals surface area contributed by atoms with Gasteiger partial charge in [-0.25, -0.2) is 0 Å². The van der Waals surface area contributed by atoms with Crippen LogP contribution in [0.1, 0.15) is 122 Å². The molecule has 51 heavy (non-hydrogen) atoms. The van der Waals surface area contributed by atoms with Gasteiger partial charge in [-0.15, -0.1) is 0 Å². The highest BCUT2D eigenvalue weighted by molar-refractivity contribution is 6.10. The van der Waals surface area contributed by atoms with Crippen LogP contribution >= 0.6 is 0 Å². The Bertz CT molecular complexity index is 1930. The molecule has 10 nitrogen and oxygen atoms in total. The highest BCUT2D eigenvalue weighted by Gasteiger charge is 2.43. The van der Waals surface area contributed by atoms with E-state index in [1.54, 1.807) is 18.5 Å². The molecule has 4 heterocycles. The van der Waals surface area contributed by atoms with Crippen molar-refractivity contribution in [3.05, 3.63) is 69.3 Å². The van der Waals surface area contributed by atoms with E-state index in [1.165, 1.54) is 38.5 Å². The molecule has 2 aliphatic heterocycles. The Morgan fingerprint density at radius 3 is 1.63 bits per heavy atom. The molecule has 0 radical (unpaired) electrons. The fraction of sp³-hybridized carbons (Fsp3) is 0.537. The van der Waals surface area contributed by atoms with E-state index in [1.807, 2.05) is 6.07 Å². The summed E-state index contributed by atoms with van der Waals surface area (Å²) in [6.07, 6.45) is 18.4. The Labute approximate surface area is 298 Å².